The van der Waals surface area contributed by atoms with Crippen LogP contribution in [0.1, 0.15) is 97.8 Å². The van der Waals surface area contributed by atoms with Crippen molar-refractivity contribution in [1.29, 1.82) is 0 Å². The van der Waals surface area contributed by atoms with Crippen molar-refractivity contribution in [3.63, 3.8) is 0 Å². The quantitative estimate of drug-likeness (QED) is 0.387. The maximum Gasteiger partial charge on any atom is 0.0459 e. The van der Waals surface area contributed by atoms with Gasteiger partial charge >= 0.3 is 0 Å². The van der Waals surface area contributed by atoms with E-state index in [4.69, 9.17) is 0 Å². The van der Waals surface area contributed by atoms with Gasteiger partial charge in [0.1, 0.15) is 0 Å². The second kappa shape index (κ2) is 14.4. The maximum absolute atomic E-state index is 9.54. The molecule has 116 valence electrons. The van der Waals surface area contributed by atoms with Crippen molar-refractivity contribution in [3.8, 4) is 0 Å². The molecule has 1 heteroatoms. The lowest BCUT2D eigenvalue weighted by Crippen LogP contribution is -2.12. The molecular weight excluding hydrogens is 232 g/mol. The largest absolute Gasteiger partial charge is 0.396 e. The van der Waals surface area contributed by atoms with E-state index in [-0.39, 0.29) is 0 Å². The first-order chi connectivity index (χ1) is 9.28. The molecule has 0 aliphatic carbocycles. The second-order valence-electron chi connectivity index (χ2n) is 6.26. The number of rotatable bonds is 14. The van der Waals surface area contributed by atoms with Crippen molar-refractivity contribution in [2.75, 3.05) is 6.61 Å². The smallest absolute Gasteiger partial charge is 0.0459 e. The molecule has 0 heterocycles. The summed E-state index contributed by atoms with van der Waals surface area (Å²) in [4.78, 5) is 0. The van der Waals surface area contributed by atoms with Gasteiger partial charge in [0.15, 0.2) is 0 Å². The molecule has 19 heavy (non-hydrogen) atoms. The molecule has 0 saturated carbocycles. The zero-order chi connectivity index (χ0) is 14.3. The molecule has 0 aromatic carbocycles. The Kier molecular flexibility index (Phi) is 14.3. The third kappa shape index (κ3) is 11.5. The van der Waals surface area contributed by atoms with Crippen LogP contribution in [0.3, 0.4) is 0 Å². The Morgan fingerprint density at radius 3 is 1.63 bits per heavy atom. The summed E-state index contributed by atoms with van der Waals surface area (Å²) in [6.45, 7) is 7.25. The summed E-state index contributed by atoms with van der Waals surface area (Å²) < 4.78 is 0. The molecule has 0 rings (SSSR count). The molecular formula is C18H38O. The maximum atomic E-state index is 9.54. The lowest BCUT2D eigenvalue weighted by atomic mass is 9.86. The van der Waals surface area contributed by atoms with Gasteiger partial charge in [-0.15, -0.1) is 0 Å². The normalized spacial score (nSPS) is 14.5. The minimum Gasteiger partial charge on any atom is -0.396 e. The molecule has 1 nitrogen and oxygen atoms in total. The fourth-order valence-corrected chi connectivity index (χ4v) is 2.96. The van der Waals surface area contributed by atoms with Gasteiger partial charge in [0.05, 0.1) is 0 Å². The van der Waals surface area contributed by atoms with E-state index in [1.165, 1.54) is 77.0 Å². The van der Waals surface area contributed by atoms with Gasteiger partial charge in [0.2, 0.25) is 0 Å². The zero-order valence-electron chi connectivity index (χ0n) is 13.8. The third-order valence-corrected chi connectivity index (χ3v) is 4.43. The summed E-state index contributed by atoms with van der Waals surface area (Å²) in [5, 5.41) is 9.54. The van der Waals surface area contributed by atoms with Crippen molar-refractivity contribution < 1.29 is 5.11 Å². The van der Waals surface area contributed by atoms with E-state index in [2.05, 4.69) is 20.8 Å². The van der Waals surface area contributed by atoms with Crippen LogP contribution in [-0.4, -0.2) is 11.7 Å². The highest BCUT2D eigenvalue weighted by molar-refractivity contribution is 4.66. The predicted octanol–water partition coefficient (Wildman–Crippen LogP) is 5.95. The van der Waals surface area contributed by atoms with Gasteiger partial charge in [-0.25, -0.2) is 0 Å². The minimum absolute atomic E-state index is 0.400. The molecule has 0 bridgehead atoms. The molecule has 0 spiro atoms. The van der Waals surface area contributed by atoms with Gasteiger partial charge in [-0.3, -0.25) is 0 Å². The van der Waals surface area contributed by atoms with Crippen LogP contribution in [0.15, 0.2) is 0 Å². The van der Waals surface area contributed by atoms with Crippen molar-refractivity contribution in [2.45, 2.75) is 97.8 Å². The Morgan fingerprint density at radius 2 is 1.21 bits per heavy atom. The number of aliphatic hydroxyl groups is 1. The van der Waals surface area contributed by atoms with Crippen LogP contribution in [-0.2, 0) is 0 Å². The summed E-state index contributed by atoms with van der Waals surface area (Å²) in [5.74, 6) is 1.41. The Bertz CT molecular complexity index is 149. The van der Waals surface area contributed by atoms with E-state index in [0.29, 0.717) is 12.5 Å². The number of hydrogen-bond donors (Lipinski definition) is 1. The average Bonchev–Trinajstić information content (AvgIpc) is 2.44. The molecule has 2 atom stereocenters. The molecule has 0 aliphatic rings. The van der Waals surface area contributed by atoms with E-state index in [9.17, 15) is 5.11 Å². The standard InChI is InChI=1S/C18H38O/c1-4-7-9-11-13-17(6-3)15-18(16-19)14-12-10-8-5-2/h17-19H,4-16H2,1-3H3. The molecule has 0 radical (unpaired) electrons. The highest BCUT2D eigenvalue weighted by Crippen LogP contribution is 2.25. The van der Waals surface area contributed by atoms with Crippen LogP contribution in [0.2, 0.25) is 0 Å². The Morgan fingerprint density at radius 1 is 0.684 bits per heavy atom. The average molecular weight is 271 g/mol. The molecule has 0 aromatic rings. The first kappa shape index (κ1) is 19.0. The van der Waals surface area contributed by atoms with Crippen LogP contribution in [0.25, 0.3) is 0 Å². The van der Waals surface area contributed by atoms with E-state index in [0.717, 1.165) is 5.92 Å². The fraction of sp³-hybridized carbons (Fsp3) is 1.00. The summed E-state index contributed by atoms with van der Waals surface area (Å²) in [7, 11) is 0. The lowest BCUT2D eigenvalue weighted by molar-refractivity contribution is 0.183. The van der Waals surface area contributed by atoms with E-state index in [1.807, 2.05) is 0 Å². The van der Waals surface area contributed by atoms with Gasteiger partial charge in [0.25, 0.3) is 0 Å². The molecule has 1 N–H and O–H groups in total. The minimum atomic E-state index is 0.400. The molecule has 0 fully saturated rings. The summed E-state index contributed by atoms with van der Waals surface area (Å²) >= 11 is 0. The van der Waals surface area contributed by atoms with Crippen molar-refractivity contribution in [2.24, 2.45) is 11.8 Å². The second-order valence-corrected chi connectivity index (χ2v) is 6.26. The monoisotopic (exact) mass is 270 g/mol. The molecule has 0 amide bonds. The van der Waals surface area contributed by atoms with Crippen LogP contribution in [0.4, 0.5) is 0 Å². The van der Waals surface area contributed by atoms with Crippen molar-refractivity contribution in [1.82, 2.24) is 0 Å². The predicted molar refractivity (Wildman–Crippen MR) is 86.5 cm³/mol. The van der Waals surface area contributed by atoms with Gasteiger partial charge in [-0.1, -0.05) is 85.0 Å². The SMILES string of the molecule is CCCCCCC(CC)CC(CO)CCCCCC. The van der Waals surface area contributed by atoms with E-state index in [1.54, 1.807) is 0 Å². The topological polar surface area (TPSA) is 20.2 Å². The molecule has 0 aromatic heterocycles. The van der Waals surface area contributed by atoms with Crippen LogP contribution in [0, 0.1) is 11.8 Å². The van der Waals surface area contributed by atoms with Crippen molar-refractivity contribution >= 4 is 0 Å². The Balaban J connectivity index is 3.76. The lowest BCUT2D eigenvalue weighted by Gasteiger charge is -2.21. The highest BCUT2D eigenvalue weighted by Gasteiger charge is 2.14. The fourth-order valence-electron chi connectivity index (χ4n) is 2.96. The number of hydrogen-bond acceptors (Lipinski definition) is 1. The molecule has 0 saturated heterocycles. The molecule has 2 unspecified atom stereocenters. The van der Waals surface area contributed by atoms with Crippen LogP contribution < -0.4 is 0 Å². The van der Waals surface area contributed by atoms with E-state index < -0.39 is 0 Å². The first-order valence-corrected chi connectivity index (χ1v) is 8.89. The van der Waals surface area contributed by atoms with Crippen molar-refractivity contribution in [3.05, 3.63) is 0 Å². The summed E-state index contributed by atoms with van der Waals surface area (Å²) in [6.07, 6.45) is 16.0. The summed E-state index contributed by atoms with van der Waals surface area (Å²) in [5.41, 5.74) is 0. The van der Waals surface area contributed by atoms with Gasteiger partial charge in [-0.05, 0) is 24.7 Å². The highest BCUT2D eigenvalue weighted by atomic mass is 16.3. The number of unbranched alkanes of at least 4 members (excludes halogenated alkanes) is 6. The van der Waals surface area contributed by atoms with Gasteiger partial charge in [0, 0.05) is 6.61 Å². The van der Waals surface area contributed by atoms with Crippen LogP contribution in [0.5, 0.6) is 0 Å². The zero-order valence-corrected chi connectivity index (χ0v) is 13.8. The third-order valence-electron chi connectivity index (χ3n) is 4.43. The van der Waals surface area contributed by atoms with Gasteiger partial charge in [-0.2, -0.15) is 0 Å². The Labute approximate surface area is 122 Å². The Hall–Kier alpha value is -0.0400. The molecule has 0 aliphatic heterocycles. The van der Waals surface area contributed by atoms with Gasteiger partial charge < -0.3 is 5.11 Å². The van der Waals surface area contributed by atoms with Crippen LogP contribution >= 0.6 is 0 Å². The number of aliphatic hydroxyl groups excluding tert-OH is 1. The first-order valence-electron chi connectivity index (χ1n) is 8.89. The summed E-state index contributed by atoms with van der Waals surface area (Å²) in [6, 6.07) is 0. The van der Waals surface area contributed by atoms with E-state index >= 15 is 0 Å².